The van der Waals surface area contributed by atoms with Gasteiger partial charge >= 0.3 is 0 Å². The van der Waals surface area contributed by atoms with Crippen molar-refractivity contribution in [3.05, 3.63) is 35.1 Å². The Labute approximate surface area is 105 Å². The molecule has 1 aromatic rings. The predicted molar refractivity (Wildman–Crippen MR) is 63.7 cm³/mol. The van der Waals surface area contributed by atoms with Crippen molar-refractivity contribution in [1.82, 2.24) is 5.32 Å². The summed E-state index contributed by atoms with van der Waals surface area (Å²) in [6, 6.07) is 1.99. The van der Waals surface area contributed by atoms with E-state index in [1.807, 2.05) is 13.8 Å². The minimum Gasteiger partial charge on any atom is -0.379 e. The molecule has 1 rings (SSSR count). The van der Waals surface area contributed by atoms with Crippen LogP contribution in [0.2, 0.25) is 0 Å². The second-order valence-electron chi connectivity index (χ2n) is 4.32. The van der Waals surface area contributed by atoms with Crippen LogP contribution < -0.4 is 5.32 Å². The average Bonchev–Trinajstić information content (AvgIpc) is 2.30. The van der Waals surface area contributed by atoms with Gasteiger partial charge in [0.15, 0.2) is 17.5 Å². The van der Waals surface area contributed by atoms with Gasteiger partial charge in [0.1, 0.15) is 0 Å². The lowest BCUT2D eigenvalue weighted by molar-refractivity contribution is 0.0770. The van der Waals surface area contributed by atoms with Crippen LogP contribution in [0.25, 0.3) is 0 Å². The van der Waals surface area contributed by atoms with Gasteiger partial charge in [0.05, 0.1) is 6.10 Å². The van der Waals surface area contributed by atoms with Gasteiger partial charge in [-0.1, -0.05) is 0 Å². The second kappa shape index (κ2) is 7.38. The Bertz CT molecular complexity index is 359. The van der Waals surface area contributed by atoms with Crippen LogP contribution >= 0.6 is 0 Å². The van der Waals surface area contributed by atoms with E-state index in [0.29, 0.717) is 25.3 Å². The van der Waals surface area contributed by atoms with E-state index < -0.39 is 17.5 Å². The van der Waals surface area contributed by atoms with Crippen LogP contribution in [0.5, 0.6) is 0 Å². The molecule has 0 aliphatic carbocycles. The molecule has 0 radical (unpaired) electrons. The normalized spacial score (nSPS) is 11.2. The smallest absolute Gasteiger partial charge is 0.194 e. The van der Waals surface area contributed by atoms with Crippen molar-refractivity contribution in [1.29, 1.82) is 0 Å². The Morgan fingerprint density at radius 2 is 1.78 bits per heavy atom. The number of nitrogens with one attached hydrogen (secondary N) is 1. The van der Waals surface area contributed by atoms with E-state index in [1.54, 1.807) is 0 Å². The Balaban J connectivity index is 2.27. The summed E-state index contributed by atoms with van der Waals surface area (Å²) >= 11 is 0. The summed E-state index contributed by atoms with van der Waals surface area (Å²) in [4.78, 5) is 0. The first-order chi connectivity index (χ1) is 8.50. The fraction of sp³-hybridized carbons (Fsp3) is 0.538. The molecule has 0 unspecified atom stereocenters. The zero-order valence-corrected chi connectivity index (χ0v) is 10.6. The van der Waals surface area contributed by atoms with Crippen molar-refractivity contribution in [2.45, 2.75) is 32.9 Å². The Morgan fingerprint density at radius 3 is 2.33 bits per heavy atom. The first kappa shape index (κ1) is 15.0. The number of ether oxygens (including phenoxy) is 1. The molecular formula is C13H18F3NO. The number of halogens is 3. The third kappa shape index (κ3) is 5.06. The van der Waals surface area contributed by atoms with Crippen LogP contribution in [0.1, 0.15) is 25.8 Å². The van der Waals surface area contributed by atoms with Crippen LogP contribution in [-0.4, -0.2) is 19.3 Å². The van der Waals surface area contributed by atoms with E-state index in [1.165, 1.54) is 0 Å². The number of hydrogen-bond acceptors (Lipinski definition) is 2. The molecule has 0 spiro atoms. The molecule has 102 valence electrons. The van der Waals surface area contributed by atoms with Gasteiger partial charge in [-0.25, -0.2) is 13.2 Å². The van der Waals surface area contributed by atoms with Crippen LogP contribution in [-0.2, 0) is 11.3 Å². The van der Waals surface area contributed by atoms with Gasteiger partial charge in [0.25, 0.3) is 0 Å². The molecule has 0 fully saturated rings. The summed E-state index contributed by atoms with van der Waals surface area (Å²) in [5.41, 5.74) is 0.385. The predicted octanol–water partition coefficient (Wildman–Crippen LogP) is 3.01. The van der Waals surface area contributed by atoms with Crippen molar-refractivity contribution in [3.8, 4) is 0 Å². The highest BCUT2D eigenvalue weighted by Crippen LogP contribution is 2.13. The first-order valence-corrected chi connectivity index (χ1v) is 5.96. The molecule has 0 amide bonds. The fourth-order valence-corrected chi connectivity index (χ4v) is 1.46. The van der Waals surface area contributed by atoms with E-state index in [9.17, 15) is 13.2 Å². The minimum atomic E-state index is -1.43. The second-order valence-corrected chi connectivity index (χ2v) is 4.32. The summed E-state index contributed by atoms with van der Waals surface area (Å²) < 4.78 is 43.8. The molecule has 0 saturated heterocycles. The van der Waals surface area contributed by atoms with Gasteiger partial charge in [-0.15, -0.1) is 0 Å². The zero-order valence-electron chi connectivity index (χ0n) is 10.6. The summed E-state index contributed by atoms with van der Waals surface area (Å²) in [5.74, 6) is -3.74. The van der Waals surface area contributed by atoms with Crippen LogP contribution in [0.4, 0.5) is 13.2 Å². The Kier molecular flexibility index (Phi) is 6.15. The quantitative estimate of drug-likeness (QED) is 0.602. The van der Waals surface area contributed by atoms with Gasteiger partial charge in [0.2, 0.25) is 0 Å². The molecule has 0 aliphatic rings. The maximum Gasteiger partial charge on any atom is 0.194 e. The molecular weight excluding hydrogens is 243 g/mol. The van der Waals surface area contributed by atoms with Crippen molar-refractivity contribution in [3.63, 3.8) is 0 Å². The molecule has 2 nitrogen and oxygen atoms in total. The lowest BCUT2D eigenvalue weighted by atomic mass is 10.2. The largest absolute Gasteiger partial charge is 0.379 e. The van der Waals surface area contributed by atoms with Gasteiger partial charge < -0.3 is 10.1 Å². The molecule has 0 atom stereocenters. The maximum absolute atomic E-state index is 12.9. The van der Waals surface area contributed by atoms with E-state index in [-0.39, 0.29) is 6.10 Å². The van der Waals surface area contributed by atoms with Crippen molar-refractivity contribution >= 4 is 0 Å². The van der Waals surface area contributed by atoms with Crippen molar-refractivity contribution in [2.75, 3.05) is 13.2 Å². The van der Waals surface area contributed by atoms with E-state index in [2.05, 4.69) is 5.32 Å². The van der Waals surface area contributed by atoms with Gasteiger partial charge in [0, 0.05) is 13.2 Å². The SMILES string of the molecule is CC(C)OCCCNCc1cc(F)c(F)c(F)c1. The molecule has 1 aromatic carbocycles. The Morgan fingerprint density at radius 1 is 1.17 bits per heavy atom. The molecule has 0 aromatic heterocycles. The molecule has 18 heavy (non-hydrogen) atoms. The van der Waals surface area contributed by atoms with Crippen LogP contribution in [0.15, 0.2) is 12.1 Å². The minimum absolute atomic E-state index is 0.199. The summed E-state index contributed by atoms with van der Waals surface area (Å²) in [7, 11) is 0. The van der Waals surface area contributed by atoms with Crippen LogP contribution in [0, 0.1) is 17.5 Å². The number of benzene rings is 1. The lowest BCUT2D eigenvalue weighted by Gasteiger charge is -2.08. The first-order valence-electron chi connectivity index (χ1n) is 5.96. The van der Waals surface area contributed by atoms with E-state index >= 15 is 0 Å². The van der Waals surface area contributed by atoms with Crippen molar-refractivity contribution < 1.29 is 17.9 Å². The summed E-state index contributed by atoms with van der Waals surface area (Å²) in [6.07, 6.45) is 1.01. The average molecular weight is 261 g/mol. The number of rotatable bonds is 7. The highest BCUT2D eigenvalue weighted by Gasteiger charge is 2.09. The topological polar surface area (TPSA) is 21.3 Å². The fourth-order valence-electron chi connectivity index (χ4n) is 1.46. The standard InChI is InChI=1S/C13H18F3NO/c1-9(2)18-5-3-4-17-8-10-6-11(14)13(16)12(15)7-10/h6-7,9,17H,3-5,8H2,1-2H3. The molecule has 1 N–H and O–H groups in total. The monoisotopic (exact) mass is 261 g/mol. The van der Waals surface area contributed by atoms with Gasteiger partial charge in [-0.05, 0) is 44.5 Å². The van der Waals surface area contributed by atoms with Gasteiger partial charge in [-0.3, -0.25) is 0 Å². The van der Waals surface area contributed by atoms with Gasteiger partial charge in [-0.2, -0.15) is 0 Å². The van der Waals surface area contributed by atoms with E-state index in [4.69, 9.17) is 4.74 Å². The Hall–Kier alpha value is -1.07. The highest BCUT2D eigenvalue weighted by molar-refractivity contribution is 5.19. The summed E-state index contributed by atoms with van der Waals surface area (Å²) in [6.45, 7) is 5.52. The summed E-state index contributed by atoms with van der Waals surface area (Å²) in [5, 5.41) is 3.01. The molecule has 0 saturated carbocycles. The van der Waals surface area contributed by atoms with Crippen molar-refractivity contribution in [2.24, 2.45) is 0 Å². The maximum atomic E-state index is 12.9. The molecule has 0 heterocycles. The molecule has 0 bridgehead atoms. The lowest BCUT2D eigenvalue weighted by Crippen LogP contribution is -2.17. The van der Waals surface area contributed by atoms with Crippen LogP contribution in [0.3, 0.4) is 0 Å². The third-order valence-corrected chi connectivity index (χ3v) is 2.32. The third-order valence-electron chi connectivity index (χ3n) is 2.32. The van der Waals surface area contributed by atoms with E-state index in [0.717, 1.165) is 18.6 Å². The highest BCUT2D eigenvalue weighted by atomic mass is 19.2. The zero-order chi connectivity index (χ0) is 13.5. The number of hydrogen-bond donors (Lipinski definition) is 1. The molecule has 0 aliphatic heterocycles. The molecule has 5 heteroatoms.